The van der Waals surface area contributed by atoms with Gasteiger partial charge in [0.2, 0.25) is 4.96 Å². The van der Waals surface area contributed by atoms with Crippen molar-refractivity contribution in [3.8, 4) is 17.1 Å². The molecule has 0 aliphatic rings. The van der Waals surface area contributed by atoms with Crippen molar-refractivity contribution in [2.75, 3.05) is 6.61 Å². The normalized spacial score (nSPS) is 12.0. The van der Waals surface area contributed by atoms with Gasteiger partial charge in [0.1, 0.15) is 5.75 Å². The Morgan fingerprint density at radius 1 is 1.19 bits per heavy atom. The van der Waals surface area contributed by atoms with E-state index in [-0.39, 0.29) is 5.56 Å². The van der Waals surface area contributed by atoms with Crippen molar-refractivity contribution >= 4 is 38.3 Å². The fourth-order valence-corrected chi connectivity index (χ4v) is 3.98. The van der Waals surface area contributed by atoms with Gasteiger partial charge in [0.25, 0.3) is 5.56 Å². The Balaban J connectivity index is 1.82. The number of aromatic nitrogens is 3. The molecule has 0 saturated carbocycles. The van der Waals surface area contributed by atoms with Gasteiger partial charge in [0, 0.05) is 15.6 Å². The van der Waals surface area contributed by atoms with Gasteiger partial charge in [-0.3, -0.25) is 4.79 Å². The number of thiazole rings is 1. The van der Waals surface area contributed by atoms with Crippen LogP contribution in [0.2, 0.25) is 0 Å². The number of hydrogen-bond donors (Lipinski definition) is 0. The molecule has 7 heteroatoms. The third-order valence-electron chi connectivity index (χ3n) is 3.80. The van der Waals surface area contributed by atoms with E-state index in [9.17, 15) is 4.79 Å². The van der Waals surface area contributed by atoms with Crippen molar-refractivity contribution in [1.82, 2.24) is 14.6 Å². The SMILES string of the molecule is CCOc1ccccc1/C=c1\sc2nc(-c3ccccc3Br)nn2c1=O. The lowest BCUT2D eigenvalue weighted by Crippen LogP contribution is -2.23. The molecule has 26 heavy (non-hydrogen) atoms. The highest BCUT2D eigenvalue weighted by molar-refractivity contribution is 9.10. The topological polar surface area (TPSA) is 56.5 Å². The van der Waals surface area contributed by atoms with Crippen LogP contribution in [0.1, 0.15) is 12.5 Å². The summed E-state index contributed by atoms with van der Waals surface area (Å²) in [5.74, 6) is 1.28. The first-order valence-electron chi connectivity index (χ1n) is 8.05. The van der Waals surface area contributed by atoms with E-state index in [1.165, 1.54) is 15.9 Å². The third kappa shape index (κ3) is 3.04. The maximum Gasteiger partial charge on any atom is 0.291 e. The molecule has 0 fully saturated rings. The molecule has 0 N–H and O–H groups in total. The monoisotopic (exact) mass is 427 g/mol. The van der Waals surface area contributed by atoms with E-state index in [0.717, 1.165) is 21.3 Å². The minimum Gasteiger partial charge on any atom is -0.493 e. The van der Waals surface area contributed by atoms with Crippen LogP contribution < -0.4 is 14.8 Å². The molecule has 130 valence electrons. The third-order valence-corrected chi connectivity index (χ3v) is 5.45. The first-order chi connectivity index (χ1) is 12.7. The van der Waals surface area contributed by atoms with Gasteiger partial charge < -0.3 is 4.74 Å². The van der Waals surface area contributed by atoms with Crippen LogP contribution in [0.4, 0.5) is 0 Å². The summed E-state index contributed by atoms with van der Waals surface area (Å²) >= 11 is 4.81. The van der Waals surface area contributed by atoms with Gasteiger partial charge in [-0.1, -0.05) is 57.6 Å². The largest absolute Gasteiger partial charge is 0.493 e. The zero-order valence-electron chi connectivity index (χ0n) is 13.8. The summed E-state index contributed by atoms with van der Waals surface area (Å²) in [6.07, 6.45) is 1.83. The second-order valence-electron chi connectivity index (χ2n) is 5.50. The fourth-order valence-electron chi connectivity index (χ4n) is 2.62. The average molecular weight is 428 g/mol. The second kappa shape index (κ2) is 7.01. The Hall–Kier alpha value is -2.51. The van der Waals surface area contributed by atoms with Crippen molar-refractivity contribution in [2.24, 2.45) is 0 Å². The number of ether oxygens (including phenoxy) is 1. The first-order valence-corrected chi connectivity index (χ1v) is 9.66. The Bertz CT molecular complexity index is 1200. The minimum absolute atomic E-state index is 0.179. The van der Waals surface area contributed by atoms with Crippen LogP contribution in [0.3, 0.4) is 0 Å². The molecule has 0 unspecified atom stereocenters. The van der Waals surface area contributed by atoms with Crippen molar-refractivity contribution in [3.63, 3.8) is 0 Å². The number of nitrogens with zero attached hydrogens (tertiary/aromatic N) is 3. The van der Waals surface area contributed by atoms with Gasteiger partial charge in [-0.05, 0) is 31.2 Å². The molecular formula is C19H14BrN3O2S. The number of fused-ring (bicyclic) bond motifs is 1. The molecule has 0 aliphatic carbocycles. The van der Waals surface area contributed by atoms with E-state index in [2.05, 4.69) is 26.0 Å². The zero-order valence-corrected chi connectivity index (χ0v) is 16.3. The number of rotatable bonds is 4. The fraction of sp³-hybridized carbons (Fsp3) is 0.105. The van der Waals surface area contributed by atoms with Crippen molar-refractivity contribution in [3.05, 3.63) is 73.5 Å². The Morgan fingerprint density at radius 2 is 1.96 bits per heavy atom. The van der Waals surface area contributed by atoms with Gasteiger partial charge >= 0.3 is 0 Å². The molecule has 4 aromatic rings. The predicted octanol–water partition coefficient (Wildman–Crippen LogP) is 3.53. The van der Waals surface area contributed by atoms with Crippen molar-refractivity contribution in [1.29, 1.82) is 0 Å². The molecule has 0 aliphatic heterocycles. The molecule has 0 amide bonds. The molecule has 5 nitrogen and oxygen atoms in total. The highest BCUT2D eigenvalue weighted by Crippen LogP contribution is 2.25. The van der Waals surface area contributed by atoms with E-state index >= 15 is 0 Å². The smallest absolute Gasteiger partial charge is 0.291 e. The molecule has 2 heterocycles. The van der Waals surface area contributed by atoms with Crippen LogP contribution in [0.5, 0.6) is 5.75 Å². The maximum absolute atomic E-state index is 12.7. The standard InChI is InChI=1S/C19H14BrN3O2S/c1-2-25-15-10-6-3-7-12(15)11-16-18(24)23-19(26-16)21-17(22-23)13-8-4-5-9-14(13)20/h3-11H,2H2,1H3/b16-11-. The summed E-state index contributed by atoms with van der Waals surface area (Å²) in [5, 5.41) is 4.39. The number of benzene rings is 2. The Kier molecular flexibility index (Phi) is 4.57. The van der Waals surface area contributed by atoms with Crippen LogP contribution in [-0.4, -0.2) is 21.2 Å². The summed E-state index contributed by atoms with van der Waals surface area (Å²) < 4.78 is 8.45. The Morgan fingerprint density at radius 3 is 2.73 bits per heavy atom. The van der Waals surface area contributed by atoms with Gasteiger partial charge in [-0.25, -0.2) is 0 Å². The number of hydrogen-bond acceptors (Lipinski definition) is 5. The molecule has 0 bridgehead atoms. The molecule has 2 aromatic carbocycles. The highest BCUT2D eigenvalue weighted by Gasteiger charge is 2.14. The van der Waals surface area contributed by atoms with Crippen LogP contribution in [0, 0.1) is 0 Å². The van der Waals surface area contributed by atoms with E-state index in [1.807, 2.05) is 61.5 Å². The van der Waals surface area contributed by atoms with Gasteiger partial charge in [-0.2, -0.15) is 9.50 Å². The van der Waals surface area contributed by atoms with Crippen molar-refractivity contribution in [2.45, 2.75) is 6.92 Å². The van der Waals surface area contributed by atoms with E-state index in [0.29, 0.717) is 21.9 Å². The van der Waals surface area contributed by atoms with Gasteiger partial charge in [0.05, 0.1) is 11.1 Å². The molecule has 0 radical (unpaired) electrons. The summed E-state index contributed by atoms with van der Waals surface area (Å²) in [4.78, 5) is 17.8. The summed E-state index contributed by atoms with van der Waals surface area (Å²) in [6, 6.07) is 15.3. The second-order valence-corrected chi connectivity index (χ2v) is 7.36. The summed E-state index contributed by atoms with van der Waals surface area (Å²) in [5.41, 5.74) is 1.54. The summed E-state index contributed by atoms with van der Waals surface area (Å²) in [6.45, 7) is 2.50. The van der Waals surface area contributed by atoms with Gasteiger partial charge in [-0.15, -0.1) is 5.10 Å². The van der Waals surface area contributed by atoms with Crippen LogP contribution in [0.15, 0.2) is 57.8 Å². The lowest BCUT2D eigenvalue weighted by atomic mass is 10.2. The highest BCUT2D eigenvalue weighted by atomic mass is 79.9. The van der Waals surface area contributed by atoms with Crippen LogP contribution in [0.25, 0.3) is 22.4 Å². The zero-order chi connectivity index (χ0) is 18.1. The number of halogens is 1. The molecule has 0 saturated heterocycles. The lowest BCUT2D eigenvalue weighted by molar-refractivity contribution is 0.339. The number of para-hydroxylation sites is 1. The van der Waals surface area contributed by atoms with E-state index in [1.54, 1.807) is 0 Å². The molecule has 0 atom stereocenters. The molecule has 0 spiro atoms. The van der Waals surface area contributed by atoms with Gasteiger partial charge in [0.15, 0.2) is 5.82 Å². The average Bonchev–Trinajstić information content (AvgIpc) is 3.17. The quantitative estimate of drug-likeness (QED) is 0.499. The van der Waals surface area contributed by atoms with Crippen molar-refractivity contribution < 1.29 is 4.74 Å². The van der Waals surface area contributed by atoms with Crippen LogP contribution >= 0.6 is 27.3 Å². The van der Waals surface area contributed by atoms with E-state index in [4.69, 9.17) is 4.74 Å². The first kappa shape index (κ1) is 16.9. The van der Waals surface area contributed by atoms with E-state index < -0.39 is 0 Å². The molecular weight excluding hydrogens is 414 g/mol. The Labute approximate surface area is 161 Å². The van der Waals surface area contributed by atoms with Crippen LogP contribution in [-0.2, 0) is 0 Å². The summed E-state index contributed by atoms with van der Waals surface area (Å²) in [7, 11) is 0. The minimum atomic E-state index is -0.179. The molecule has 2 aromatic heterocycles. The predicted molar refractivity (Wildman–Crippen MR) is 107 cm³/mol. The molecule has 4 rings (SSSR count). The maximum atomic E-state index is 12.7. The lowest BCUT2D eigenvalue weighted by Gasteiger charge is -2.05.